The normalized spacial score (nSPS) is 26.4. The summed E-state index contributed by atoms with van der Waals surface area (Å²) in [6.45, 7) is 0. The fourth-order valence-electron chi connectivity index (χ4n) is 3.95. The molecule has 0 N–H and O–H groups in total. The van der Waals surface area contributed by atoms with Crippen molar-refractivity contribution in [3.63, 3.8) is 0 Å². The van der Waals surface area contributed by atoms with E-state index < -0.39 is 0 Å². The van der Waals surface area contributed by atoms with E-state index in [1.807, 2.05) is 0 Å². The molecule has 2 aromatic carbocycles. The van der Waals surface area contributed by atoms with Gasteiger partial charge in [-0.05, 0) is 17.5 Å². The van der Waals surface area contributed by atoms with Crippen molar-refractivity contribution in [3.8, 4) is 0 Å². The monoisotopic (exact) mass is 375 g/mol. The second-order valence-corrected chi connectivity index (χ2v) is 5.77. The van der Waals surface area contributed by atoms with Crippen molar-refractivity contribution >= 4 is 6.21 Å². The average Bonchev–Trinajstić information content (AvgIpc) is 2.49. The van der Waals surface area contributed by atoms with Crippen LogP contribution in [0.15, 0.2) is 54.6 Å². The Morgan fingerprint density at radius 1 is 1.00 bits per heavy atom. The van der Waals surface area contributed by atoms with Gasteiger partial charge >= 0.3 is 0 Å². The van der Waals surface area contributed by atoms with Gasteiger partial charge in [-0.2, -0.15) is 0 Å². The minimum Gasteiger partial charge on any atom is -1.00 e. The van der Waals surface area contributed by atoms with Crippen LogP contribution in [0.25, 0.3) is 0 Å². The summed E-state index contributed by atoms with van der Waals surface area (Å²) in [4.78, 5) is 0. The van der Waals surface area contributed by atoms with E-state index in [1.165, 1.54) is 29.5 Å². The lowest BCUT2D eigenvalue weighted by atomic mass is 9.63. The SMILES string of the molecule is C[N+]1=CC2(c3ccccc3)CCC1c1ccccc12.[I-]. The first kappa shape index (κ1) is 13.8. The number of fused-ring (bicyclic) bond motifs is 1. The predicted molar refractivity (Wildman–Crippen MR) is 77.9 cm³/mol. The quantitative estimate of drug-likeness (QED) is 0.506. The van der Waals surface area contributed by atoms with Crippen molar-refractivity contribution in [2.45, 2.75) is 24.3 Å². The predicted octanol–water partition coefficient (Wildman–Crippen LogP) is 0.538. The fraction of sp³-hybridized carbons (Fsp3) is 0.278. The molecular formula is C18H18IN. The van der Waals surface area contributed by atoms with Crippen LogP contribution >= 0.6 is 0 Å². The molecule has 0 aromatic heterocycles. The Bertz CT molecular complexity index is 662. The van der Waals surface area contributed by atoms with E-state index in [9.17, 15) is 0 Å². The maximum absolute atomic E-state index is 2.44. The van der Waals surface area contributed by atoms with Crippen molar-refractivity contribution in [2.75, 3.05) is 7.05 Å². The van der Waals surface area contributed by atoms with Gasteiger partial charge in [-0.25, -0.2) is 4.58 Å². The zero-order valence-corrected chi connectivity index (χ0v) is 13.7. The van der Waals surface area contributed by atoms with Crippen molar-refractivity contribution < 1.29 is 28.6 Å². The maximum Gasteiger partial charge on any atom is 0.177 e. The summed E-state index contributed by atoms with van der Waals surface area (Å²) in [5.41, 5.74) is 4.53. The molecule has 0 spiro atoms. The van der Waals surface area contributed by atoms with Crippen molar-refractivity contribution in [1.29, 1.82) is 0 Å². The number of benzene rings is 2. The first-order valence-corrected chi connectivity index (χ1v) is 7.04. The summed E-state index contributed by atoms with van der Waals surface area (Å²) >= 11 is 0. The largest absolute Gasteiger partial charge is 1.00 e. The highest BCUT2D eigenvalue weighted by molar-refractivity contribution is 5.79. The molecule has 0 radical (unpaired) electrons. The Hall–Kier alpha value is -1.16. The molecule has 2 aliphatic heterocycles. The third-order valence-corrected chi connectivity index (χ3v) is 4.82. The Kier molecular flexibility index (Phi) is 3.44. The van der Waals surface area contributed by atoms with Gasteiger partial charge in [-0.15, -0.1) is 0 Å². The number of nitrogens with zero attached hydrogens (tertiary/aromatic N) is 1. The molecule has 20 heavy (non-hydrogen) atoms. The molecule has 0 saturated heterocycles. The van der Waals surface area contributed by atoms with Gasteiger partial charge in [-0.3, -0.25) is 0 Å². The van der Waals surface area contributed by atoms with Gasteiger partial charge in [0.1, 0.15) is 7.05 Å². The van der Waals surface area contributed by atoms with E-state index in [-0.39, 0.29) is 29.4 Å². The Morgan fingerprint density at radius 2 is 1.70 bits per heavy atom. The highest BCUT2D eigenvalue weighted by Gasteiger charge is 2.49. The smallest absolute Gasteiger partial charge is 0.177 e. The molecular weight excluding hydrogens is 357 g/mol. The van der Waals surface area contributed by atoms with Gasteiger partial charge in [0.15, 0.2) is 12.3 Å². The van der Waals surface area contributed by atoms with Crippen LogP contribution in [0.2, 0.25) is 0 Å². The van der Waals surface area contributed by atoms with Gasteiger partial charge in [-0.1, -0.05) is 54.6 Å². The summed E-state index contributed by atoms with van der Waals surface area (Å²) in [5.74, 6) is 0. The fourth-order valence-corrected chi connectivity index (χ4v) is 3.95. The number of hydrogen-bond donors (Lipinski definition) is 0. The maximum atomic E-state index is 2.44. The molecule has 2 heteroatoms. The Morgan fingerprint density at radius 3 is 2.45 bits per heavy atom. The molecule has 1 aliphatic carbocycles. The van der Waals surface area contributed by atoms with E-state index in [4.69, 9.17) is 0 Å². The minimum atomic E-state index is 0. The van der Waals surface area contributed by atoms with Crippen LogP contribution in [0, 0.1) is 0 Å². The second kappa shape index (κ2) is 4.99. The summed E-state index contributed by atoms with van der Waals surface area (Å²) in [6.07, 6.45) is 4.92. The van der Waals surface area contributed by atoms with Crippen LogP contribution in [0.3, 0.4) is 0 Å². The molecule has 2 unspecified atom stereocenters. The summed E-state index contributed by atoms with van der Waals surface area (Å²) in [7, 11) is 2.22. The molecule has 2 aromatic rings. The molecule has 0 fully saturated rings. The van der Waals surface area contributed by atoms with Gasteiger partial charge < -0.3 is 24.0 Å². The second-order valence-electron chi connectivity index (χ2n) is 5.77. The zero-order chi connectivity index (χ0) is 12.9. The van der Waals surface area contributed by atoms with Gasteiger partial charge in [0.2, 0.25) is 0 Å². The lowest BCUT2D eigenvalue weighted by molar-refractivity contribution is -0.551. The van der Waals surface area contributed by atoms with Crippen LogP contribution in [0.1, 0.15) is 35.6 Å². The highest BCUT2D eigenvalue weighted by atomic mass is 127. The topological polar surface area (TPSA) is 3.01 Å². The van der Waals surface area contributed by atoms with Gasteiger partial charge in [0, 0.05) is 12.0 Å². The molecule has 102 valence electrons. The molecule has 0 amide bonds. The molecule has 1 nitrogen and oxygen atoms in total. The third-order valence-electron chi connectivity index (χ3n) is 4.82. The summed E-state index contributed by atoms with van der Waals surface area (Å²) in [6, 6.07) is 20.5. The van der Waals surface area contributed by atoms with Crippen LogP contribution < -0.4 is 24.0 Å². The number of halogens is 1. The summed E-state index contributed by atoms with van der Waals surface area (Å²) < 4.78 is 2.42. The standard InChI is InChI=1S/C18H18N.HI/c1-19-13-18(14-7-3-2-4-8-14)12-11-17(19)15-9-5-6-10-16(15)18;/h2-10,13,17H,11-12H2,1H3;1H/q+1;/p-1. The first-order valence-electron chi connectivity index (χ1n) is 7.04. The van der Waals surface area contributed by atoms with Crippen LogP contribution in [-0.4, -0.2) is 17.8 Å². The molecule has 2 bridgehead atoms. The Labute approximate surface area is 137 Å². The zero-order valence-electron chi connectivity index (χ0n) is 11.6. The van der Waals surface area contributed by atoms with Crippen LogP contribution in [0.4, 0.5) is 0 Å². The molecule has 3 aliphatic rings. The summed E-state index contributed by atoms with van der Waals surface area (Å²) in [5, 5.41) is 0. The third kappa shape index (κ3) is 1.77. The Balaban J connectivity index is 0.00000121. The molecule has 2 atom stereocenters. The average molecular weight is 375 g/mol. The van der Waals surface area contributed by atoms with Gasteiger partial charge in [0.05, 0.1) is 5.41 Å². The highest BCUT2D eigenvalue weighted by Crippen LogP contribution is 2.49. The van der Waals surface area contributed by atoms with Crippen molar-refractivity contribution in [3.05, 3.63) is 71.3 Å². The van der Waals surface area contributed by atoms with Crippen molar-refractivity contribution in [1.82, 2.24) is 0 Å². The lowest BCUT2D eigenvalue weighted by Gasteiger charge is -2.41. The van der Waals surface area contributed by atoms with Crippen LogP contribution in [-0.2, 0) is 5.41 Å². The molecule has 0 saturated carbocycles. The first-order chi connectivity index (χ1) is 9.31. The van der Waals surface area contributed by atoms with E-state index in [2.05, 4.69) is 72.4 Å². The molecule has 5 rings (SSSR count). The van der Waals surface area contributed by atoms with Crippen molar-refractivity contribution in [2.24, 2.45) is 0 Å². The van der Waals surface area contributed by atoms with E-state index in [0.717, 1.165) is 0 Å². The van der Waals surface area contributed by atoms with Gasteiger partial charge in [0.25, 0.3) is 0 Å². The van der Waals surface area contributed by atoms with Crippen LogP contribution in [0.5, 0.6) is 0 Å². The number of rotatable bonds is 1. The number of hydrogen-bond acceptors (Lipinski definition) is 0. The van der Waals surface area contributed by atoms with E-state index in [0.29, 0.717) is 6.04 Å². The van der Waals surface area contributed by atoms with E-state index in [1.54, 1.807) is 0 Å². The lowest BCUT2D eigenvalue weighted by Crippen LogP contribution is -3.00. The van der Waals surface area contributed by atoms with E-state index >= 15 is 0 Å². The minimum absolute atomic E-state index is 0. The molecule has 2 heterocycles.